The van der Waals surface area contributed by atoms with Crippen LogP contribution in [0.3, 0.4) is 0 Å². The van der Waals surface area contributed by atoms with Crippen LogP contribution in [0.25, 0.3) is 0 Å². The molecule has 1 aliphatic rings. The third-order valence-corrected chi connectivity index (χ3v) is 3.59. The second kappa shape index (κ2) is 5.05. The molecule has 4 heteroatoms. The smallest absolute Gasteiger partial charge is 0.0817 e. The van der Waals surface area contributed by atoms with E-state index in [4.69, 9.17) is 0 Å². The average molecular weight is 256 g/mol. The van der Waals surface area contributed by atoms with Gasteiger partial charge in [0.15, 0.2) is 0 Å². The summed E-state index contributed by atoms with van der Waals surface area (Å²) in [4.78, 5) is 2.42. The predicted molar refractivity (Wildman–Crippen MR) is 77.0 cm³/mol. The van der Waals surface area contributed by atoms with E-state index in [0.29, 0.717) is 6.04 Å². The van der Waals surface area contributed by atoms with Crippen molar-refractivity contribution in [3.63, 3.8) is 0 Å². The van der Waals surface area contributed by atoms with E-state index in [-0.39, 0.29) is 0 Å². The van der Waals surface area contributed by atoms with E-state index >= 15 is 0 Å². The first-order valence-electron chi connectivity index (χ1n) is 6.77. The molecule has 0 saturated carbocycles. The van der Waals surface area contributed by atoms with Gasteiger partial charge in [0.2, 0.25) is 0 Å². The van der Waals surface area contributed by atoms with Crippen LogP contribution in [0.5, 0.6) is 0 Å². The maximum atomic E-state index is 4.49. The summed E-state index contributed by atoms with van der Waals surface area (Å²) >= 11 is 0. The number of rotatable bonds is 2. The molecular weight excluding hydrogens is 236 g/mol. The zero-order valence-corrected chi connectivity index (χ0v) is 11.5. The van der Waals surface area contributed by atoms with Crippen molar-refractivity contribution in [3.05, 3.63) is 47.8 Å². The lowest BCUT2D eigenvalue weighted by molar-refractivity contribution is 0.550. The minimum Gasteiger partial charge on any atom is -0.364 e. The molecule has 0 aliphatic carbocycles. The second-order valence-electron chi connectivity index (χ2n) is 5.27. The number of fused-ring (bicyclic) bond motifs is 1. The van der Waals surface area contributed by atoms with E-state index in [1.807, 2.05) is 17.9 Å². The van der Waals surface area contributed by atoms with Crippen molar-refractivity contribution in [1.29, 1.82) is 0 Å². The Balaban J connectivity index is 1.89. The van der Waals surface area contributed by atoms with Crippen molar-refractivity contribution in [2.24, 2.45) is 7.05 Å². The molecule has 4 nitrogen and oxygen atoms in total. The van der Waals surface area contributed by atoms with Gasteiger partial charge in [-0.15, -0.1) is 0 Å². The summed E-state index contributed by atoms with van der Waals surface area (Å²) in [5, 5.41) is 8.04. The second-order valence-corrected chi connectivity index (χ2v) is 5.27. The standard InChI is InChI=1S/C15H20N4/c1-12-10-19(11-14-7-8-18(2)17-14)15-6-4-3-5-13(15)9-16-12/h3-8,12,16H,9-11H2,1-2H3. The largest absolute Gasteiger partial charge is 0.364 e. The molecule has 1 N–H and O–H groups in total. The summed E-state index contributed by atoms with van der Waals surface area (Å²) < 4.78 is 1.86. The molecular formula is C15H20N4. The van der Waals surface area contributed by atoms with Gasteiger partial charge < -0.3 is 10.2 Å². The van der Waals surface area contributed by atoms with Gasteiger partial charge in [-0.3, -0.25) is 4.68 Å². The van der Waals surface area contributed by atoms with E-state index in [1.165, 1.54) is 11.3 Å². The first kappa shape index (κ1) is 12.2. The fourth-order valence-electron chi connectivity index (χ4n) is 2.64. The van der Waals surface area contributed by atoms with Gasteiger partial charge in [-0.25, -0.2) is 0 Å². The molecule has 1 aliphatic heterocycles. The Morgan fingerprint density at radius 3 is 2.95 bits per heavy atom. The molecule has 1 unspecified atom stereocenters. The van der Waals surface area contributed by atoms with Gasteiger partial charge in [-0.05, 0) is 24.6 Å². The minimum atomic E-state index is 0.483. The molecule has 2 heterocycles. The van der Waals surface area contributed by atoms with Crippen molar-refractivity contribution in [3.8, 4) is 0 Å². The summed E-state index contributed by atoms with van der Waals surface area (Å²) in [6.07, 6.45) is 2.00. The van der Waals surface area contributed by atoms with Crippen molar-refractivity contribution < 1.29 is 0 Å². The fourth-order valence-corrected chi connectivity index (χ4v) is 2.64. The molecule has 3 rings (SSSR count). The quantitative estimate of drug-likeness (QED) is 0.891. The zero-order valence-electron chi connectivity index (χ0n) is 11.5. The lowest BCUT2D eigenvalue weighted by Crippen LogP contribution is -2.35. The maximum Gasteiger partial charge on any atom is 0.0817 e. The zero-order chi connectivity index (χ0) is 13.2. The lowest BCUT2D eigenvalue weighted by Gasteiger charge is -2.25. The molecule has 0 saturated heterocycles. The maximum absolute atomic E-state index is 4.49. The van der Waals surface area contributed by atoms with Gasteiger partial charge in [0.1, 0.15) is 0 Å². The molecule has 1 aromatic heterocycles. The van der Waals surface area contributed by atoms with Gasteiger partial charge in [-0.2, -0.15) is 5.10 Å². The number of hydrogen-bond donors (Lipinski definition) is 1. The Morgan fingerprint density at radius 1 is 1.32 bits per heavy atom. The summed E-state index contributed by atoms with van der Waals surface area (Å²) in [5.41, 5.74) is 3.80. The molecule has 19 heavy (non-hydrogen) atoms. The number of para-hydroxylation sites is 1. The van der Waals surface area contributed by atoms with Crippen molar-refractivity contribution in [2.75, 3.05) is 11.4 Å². The van der Waals surface area contributed by atoms with Gasteiger partial charge >= 0.3 is 0 Å². The fraction of sp³-hybridized carbons (Fsp3) is 0.400. The van der Waals surface area contributed by atoms with Crippen molar-refractivity contribution in [1.82, 2.24) is 15.1 Å². The number of hydrogen-bond acceptors (Lipinski definition) is 3. The Hall–Kier alpha value is -1.81. The number of benzene rings is 1. The van der Waals surface area contributed by atoms with Crippen LogP contribution in [0.4, 0.5) is 5.69 Å². The first-order chi connectivity index (χ1) is 9.22. The molecule has 1 atom stereocenters. The van der Waals surface area contributed by atoms with Crippen LogP contribution in [0.15, 0.2) is 36.5 Å². The third-order valence-electron chi connectivity index (χ3n) is 3.59. The van der Waals surface area contributed by atoms with E-state index < -0.39 is 0 Å². The summed E-state index contributed by atoms with van der Waals surface area (Å²) in [5.74, 6) is 0. The molecule has 0 radical (unpaired) electrons. The third kappa shape index (κ3) is 2.63. The SMILES string of the molecule is CC1CN(Cc2ccn(C)n2)c2ccccc2CN1. The van der Waals surface area contributed by atoms with E-state index in [9.17, 15) is 0 Å². The van der Waals surface area contributed by atoms with Crippen LogP contribution in [0.1, 0.15) is 18.2 Å². The van der Waals surface area contributed by atoms with Crippen molar-refractivity contribution in [2.45, 2.75) is 26.1 Å². The molecule has 0 amide bonds. The summed E-state index contributed by atoms with van der Waals surface area (Å²) in [6, 6.07) is 11.2. The van der Waals surface area contributed by atoms with Gasteiger partial charge in [0.25, 0.3) is 0 Å². The highest BCUT2D eigenvalue weighted by molar-refractivity contribution is 5.54. The van der Waals surface area contributed by atoms with Crippen molar-refractivity contribution >= 4 is 5.69 Å². The molecule has 0 fully saturated rings. The van der Waals surface area contributed by atoms with Crippen LogP contribution < -0.4 is 10.2 Å². The Kier molecular flexibility index (Phi) is 3.25. The number of anilines is 1. The number of nitrogens with one attached hydrogen (secondary N) is 1. The monoisotopic (exact) mass is 256 g/mol. The average Bonchev–Trinajstić information content (AvgIpc) is 2.74. The van der Waals surface area contributed by atoms with E-state index in [1.54, 1.807) is 0 Å². The normalized spacial score (nSPS) is 19.1. The number of aromatic nitrogens is 2. The van der Waals surface area contributed by atoms with Crippen LogP contribution in [-0.4, -0.2) is 22.4 Å². The lowest BCUT2D eigenvalue weighted by atomic mass is 10.1. The molecule has 0 spiro atoms. The highest BCUT2D eigenvalue weighted by Gasteiger charge is 2.19. The topological polar surface area (TPSA) is 33.1 Å². The highest BCUT2D eigenvalue weighted by atomic mass is 15.3. The Labute approximate surface area is 114 Å². The predicted octanol–water partition coefficient (Wildman–Crippen LogP) is 1.92. The minimum absolute atomic E-state index is 0.483. The van der Waals surface area contributed by atoms with Gasteiger partial charge in [0.05, 0.1) is 12.2 Å². The van der Waals surface area contributed by atoms with Gasteiger partial charge in [-0.1, -0.05) is 18.2 Å². The molecule has 1 aromatic carbocycles. The van der Waals surface area contributed by atoms with Crippen LogP contribution >= 0.6 is 0 Å². The van der Waals surface area contributed by atoms with E-state index in [2.05, 4.69) is 52.6 Å². The summed E-state index contributed by atoms with van der Waals surface area (Å²) in [7, 11) is 1.96. The summed E-state index contributed by atoms with van der Waals surface area (Å²) in [6.45, 7) is 5.05. The van der Waals surface area contributed by atoms with Gasteiger partial charge in [0, 0.05) is 38.1 Å². The highest BCUT2D eigenvalue weighted by Crippen LogP contribution is 2.24. The molecule has 0 bridgehead atoms. The number of nitrogens with zero attached hydrogens (tertiary/aromatic N) is 3. The number of aryl methyl sites for hydroxylation is 1. The van der Waals surface area contributed by atoms with E-state index in [0.717, 1.165) is 25.3 Å². The first-order valence-corrected chi connectivity index (χ1v) is 6.77. The Bertz CT molecular complexity index is 561. The van der Waals surface area contributed by atoms with Crippen LogP contribution in [0.2, 0.25) is 0 Å². The molecule has 2 aromatic rings. The Morgan fingerprint density at radius 2 is 2.16 bits per heavy atom. The van der Waals surface area contributed by atoms with Crippen LogP contribution in [0, 0.1) is 0 Å². The molecule has 100 valence electrons. The van der Waals surface area contributed by atoms with Crippen LogP contribution in [-0.2, 0) is 20.1 Å².